The molecule has 3 rings (SSSR count). The number of benzene rings is 1. The highest BCUT2D eigenvalue weighted by Gasteiger charge is 2.05. The summed E-state index contributed by atoms with van der Waals surface area (Å²) in [6.07, 6.45) is 26.9. The molecule has 0 saturated heterocycles. The van der Waals surface area contributed by atoms with Gasteiger partial charge in [-0.2, -0.15) is 0 Å². The Morgan fingerprint density at radius 2 is 0.944 bits per heavy atom. The van der Waals surface area contributed by atoms with Gasteiger partial charge in [0.2, 0.25) is 0 Å². The lowest BCUT2D eigenvalue weighted by Gasteiger charge is -2.06. The zero-order chi connectivity index (χ0) is 25.3. The number of rotatable bonds is 18. The minimum Gasteiger partial charge on any atom is -0.255 e. The van der Waals surface area contributed by atoms with Crippen molar-refractivity contribution in [1.82, 2.24) is 15.0 Å². The van der Waals surface area contributed by atoms with Gasteiger partial charge in [-0.1, -0.05) is 115 Å². The van der Waals surface area contributed by atoms with Crippen molar-refractivity contribution in [3.8, 4) is 22.6 Å². The Hall–Kier alpha value is -2.55. The van der Waals surface area contributed by atoms with Crippen molar-refractivity contribution >= 4 is 0 Å². The molecule has 0 amide bonds. The molecule has 0 aliphatic heterocycles. The SMILES string of the molecule is CCCCCCCCCCc1cnc(-c2ccc(-c3ccc(CCCCCCCC)cc3)nc2)nc1. The van der Waals surface area contributed by atoms with E-state index in [0.29, 0.717) is 0 Å². The monoisotopic (exact) mass is 485 g/mol. The summed E-state index contributed by atoms with van der Waals surface area (Å²) >= 11 is 0. The fourth-order valence-electron chi connectivity index (χ4n) is 4.74. The van der Waals surface area contributed by atoms with Gasteiger partial charge in [-0.25, -0.2) is 9.97 Å². The van der Waals surface area contributed by atoms with Crippen LogP contribution in [0, 0.1) is 0 Å². The summed E-state index contributed by atoms with van der Waals surface area (Å²) in [5.41, 5.74) is 5.78. The van der Waals surface area contributed by atoms with Crippen molar-refractivity contribution in [3.63, 3.8) is 0 Å². The molecular weight excluding hydrogens is 438 g/mol. The standard InChI is InChI=1S/C33H47N3/c1-3-5-7-9-11-12-14-16-18-29-25-35-33(36-26-29)31-23-24-32(34-27-31)30-21-19-28(20-22-30)17-15-13-10-8-6-4-2/h19-27H,3-18H2,1-2H3. The van der Waals surface area contributed by atoms with Gasteiger partial charge >= 0.3 is 0 Å². The van der Waals surface area contributed by atoms with Gasteiger partial charge in [-0.15, -0.1) is 0 Å². The van der Waals surface area contributed by atoms with Crippen LogP contribution in [0.15, 0.2) is 55.0 Å². The minimum atomic E-state index is 0.753. The van der Waals surface area contributed by atoms with E-state index in [4.69, 9.17) is 4.98 Å². The van der Waals surface area contributed by atoms with E-state index in [1.807, 2.05) is 18.6 Å². The number of hydrogen-bond donors (Lipinski definition) is 0. The van der Waals surface area contributed by atoms with Crippen LogP contribution in [0.3, 0.4) is 0 Å². The molecule has 0 atom stereocenters. The lowest BCUT2D eigenvalue weighted by Crippen LogP contribution is -1.94. The first-order valence-corrected chi connectivity index (χ1v) is 14.7. The van der Waals surface area contributed by atoms with Crippen LogP contribution in [0.5, 0.6) is 0 Å². The van der Waals surface area contributed by atoms with Crippen molar-refractivity contribution in [3.05, 3.63) is 66.1 Å². The van der Waals surface area contributed by atoms with E-state index in [0.717, 1.165) is 29.1 Å². The van der Waals surface area contributed by atoms with Gasteiger partial charge in [0.15, 0.2) is 5.82 Å². The second kappa shape index (κ2) is 17.0. The Morgan fingerprint density at radius 3 is 1.47 bits per heavy atom. The zero-order valence-corrected chi connectivity index (χ0v) is 22.9. The molecule has 0 spiro atoms. The van der Waals surface area contributed by atoms with Crippen molar-refractivity contribution in [2.75, 3.05) is 0 Å². The number of hydrogen-bond acceptors (Lipinski definition) is 3. The van der Waals surface area contributed by atoms with Crippen LogP contribution >= 0.6 is 0 Å². The van der Waals surface area contributed by atoms with Crippen molar-refractivity contribution < 1.29 is 0 Å². The predicted octanol–water partition coefficient (Wildman–Crippen LogP) is 9.79. The van der Waals surface area contributed by atoms with E-state index >= 15 is 0 Å². The maximum Gasteiger partial charge on any atom is 0.160 e. The second-order valence-corrected chi connectivity index (χ2v) is 10.3. The van der Waals surface area contributed by atoms with Crippen molar-refractivity contribution in [2.45, 2.75) is 117 Å². The van der Waals surface area contributed by atoms with Gasteiger partial charge in [0.1, 0.15) is 0 Å². The Morgan fingerprint density at radius 1 is 0.444 bits per heavy atom. The van der Waals surface area contributed by atoms with Crippen LogP contribution in [-0.2, 0) is 12.8 Å². The second-order valence-electron chi connectivity index (χ2n) is 10.3. The number of aromatic nitrogens is 3. The van der Waals surface area contributed by atoms with E-state index in [-0.39, 0.29) is 0 Å². The van der Waals surface area contributed by atoms with Crippen LogP contribution in [-0.4, -0.2) is 15.0 Å². The van der Waals surface area contributed by atoms with Crippen LogP contribution in [0.4, 0.5) is 0 Å². The first-order valence-electron chi connectivity index (χ1n) is 14.7. The third-order valence-corrected chi connectivity index (χ3v) is 7.11. The summed E-state index contributed by atoms with van der Waals surface area (Å²) in [7, 11) is 0. The molecule has 0 aliphatic rings. The number of pyridine rings is 1. The maximum atomic E-state index is 4.70. The molecule has 1 aromatic carbocycles. The van der Waals surface area contributed by atoms with Gasteiger partial charge in [-0.3, -0.25) is 4.98 Å². The molecule has 3 aromatic rings. The summed E-state index contributed by atoms with van der Waals surface area (Å²) in [5.74, 6) is 0.753. The Kier molecular flexibility index (Phi) is 13.2. The smallest absolute Gasteiger partial charge is 0.160 e. The van der Waals surface area contributed by atoms with E-state index in [2.05, 4.69) is 60.2 Å². The van der Waals surface area contributed by atoms with E-state index in [1.165, 1.54) is 107 Å². The van der Waals surface area contributed by atoms with Gasteiger partial charge in [0.05, 0.1) is 5.69 Å². The summed E-state index contributed by atoms with van der Waals surface area (Å²) in [6, 6.07) is 13.1. The van der Waals surface area contributed by atoms with Gasteiger partial charge in [0, 0.05) is 29.7 Å². The molecule has 2 heterocycles. The fraction of sp³-hybridized carbons (Fsp3) is 0.545. The third kappa shape index (κ3) is 10.2. The van der Waals surface area contributed by atoms with Gasteiger partial charge < -0.3 is 0 Å². The molecule has 0 unspecified atom stereocenters. The lowest BCUT2D eigenvalue weighted by molar-refractivity contribution is 0.575. The van der Waals surface area contributed by atoms with Crippen LogP contribution in [0.2, 0.25) is 0 Å². The normalized spacial score (nSPS) is 11.2. The van der Waals surface area contributed by atoms with E-state index < -0.39 is 0 Å². The molecule has 3 heteroatoms. The first-order chi connectivity index (χ1) is 17.8. The molecule has 0 aliphatic carbocycles. The average molecular weight is 486 g/mol. The lowest BCUT2D eigenvalue weighted by atomic mass is 10.0. The largest absolute Gasteiger partial charge is 0.255 e. The van der Waals surface area contributed by atoms with E-state index in [9.17, 15) is 0 Å². The fourth-order valence-corrected chi connectivity index (χ4v) is 4.74. The number of nitrogens with zero attached hydrogens (tertiary/aromatic N) is 3. The molecule has 0 radical (unpaired) electrons. The Balaban J connectivity index is 1.41. The van der Waals surface area contributed by atoms with Crippen LogP contribution < -0.4 is 0 Å². The molecule has 0 bridgehead atoms. The highest BCUT2D eigenvalue weighted by atomic mass is 14.9. The molecule has 36 heavy (non-hydrogen) atoms. The number of aryl methyl sites for hydroxylation is 2. The van der Waals surface area contributed by atoms with Gasteiger partial charge in [0.25, 0.3) is 0 Å². The molecule has 194 valence electrons. The summed E-state index contributed by atoms with van der Waals surface area (Å²) in [4.78, 5) is 13.9. The molecule has 2 aromatic heterocycles. The van der Waals surface area contributed by atoms with Crippen molar-refractivity contribution in [1.29, 1.82) is 0 Å². The summed E-state index contributed by atoms with van der Waals surface area (Å²) < 4.78 is 0. The first kappa shape index (κ1) is 28.0. The number of unbranched alkanes of at least 4 members (excludes halogenated alkanes) is 12. The molecular formula is C33H47N3. The molecule has 0 N–H and O–H groups in total. The Bertz CT molecular complexity index is 946. The highest BCUT2D eigenvalue weighted by molar-refractivity contribution is 5.63. The molecule has 0 saturated carbocycles. The molecule has 0 fully saturated rings. The van der Waals surface area contributed by atoms with Gasteiger partial charge in [-0.05, 0) is 48.9 Å². The topological polar surface area (TPSA) is 38.7 Å². The van der Waals surface area contributed by atoms with Crippen LogP contribution in [0.1, 0.15) is 115 Å². The Labute approximate surface area is 220 Å². The quantitative estimate of drug-likeness (QED) is 0.168. The minimum absolute atomic E-state index is 0.753. The zero-order valence-electron chi connectivity index (χ0n) is 22.9. The summed E-state index contributed by atoms with van der Waals surface area (Å²) in [5, 5.41) is 0. The maximum absolute atomic E-state index is 4.70. The van der Waals surface area contributed by atoms with E-state index in [1.54, 1.807) is 0 Å². The van der Waals surface area contributed by atoms with Crippen LogP contribution in [0.25, 0.3) is 22.6 Å². The summed E-state index contributed by atoms with van der Waals surface area (Å²) in [6.45, 7) is 4.55. The third-order valence-electron chi connectivity index (χ3n) is 7.11. The average Bonchev–Trinajstić information content (AvgIpc) is 2.93. The predicted molar refractivity (Wildman–Crippen MR) is 154 cm³/mol. The molecule has 3 nitrogen and oxygen atoms in total. The highest BCUT2D eigenvalue weighted by Crippen LogP contribution is 2.22. The van der Waals surface area contributed by atoms with Crippen molar-refractivity contribution in [2.24, 2.45) is 0 Å².